The van der Waals surface area contributed by atoms with E-state index in [1.807, 2.05) is 13.0 Å². The number of aromatic hydroxyl groups is 1. The van der Waals surface area contributed by atoms with Gasteiger partial charge in [-0.3, -0.25) is 9.69 Å². The Labute approximate surface area is 152 Å². The molecular weight excluding hydrogens is 332 g/mol. The predicted molar refractivity (Wildman–Crippen MR) is 100.0 cm³/mol. The first kappa shape index (κ1) is 18.5. The van der Waals surface area contributed by atoms with E-state index in [1.54, 1.807) is 6.07 Å². The lowest BCUT2D eigenvalue weighted by atomic mass is 9.93. The topological polar surface area (TPSA) is 96.8 Å². The number of hydrogen-bond donors (Lipinski definition) is 2. The second kappa shape index (κ2) is 7.91. The van der Waals surface area contributed by atoms with Gasteiger partial charge < -0.3 is 15.3 Å². The molecule has 1 amide bonds. The number of hydrogen-bond acceptors (Lipinski definition) is 5. The van der Waals surface area contributed by atoms with Crippen LogP contribution in [-0.2, 0) is 17.8 Å². The number of rotatable bonds is 6. The fourth-order valence-corrected chi connectivity index (χ4v) is 3.84. The summed E-state index contributed by atoms with van der Waals surface area (Å²) in [4.78, 5) is 25.3. The molecule has 140 valence electrons. The van der Waals surface area contributed by atoms with E-state index in [0.717, 1.165) is 48.9 Å². The number of fused-ring (bicyclic) bond motifs is 1. The summed E-state index contributed by atoms with van der Waals surface area (Å²) in [7, 11) is 0. The summed E-state index contributed by atoms with van der Waals surface area (Å²) in [6, 6.07) is 4.99. The zero-order chi connectivity index (χ0) is 18.7. The number of amides is 1. The maximum atomic E-state index is 11.9. The Hall–Kier alpha value is -2.34. The molecule has 0 spiro atoms. The number of benzene rings is 1. The largest absolute Gasteiger partial charge is 0.508 e. The number of likely N-dealkylation sites (tertiary alicyclic amines) is 1. The predicted octanol–water partition coefficient (Wildman–Crippen LogP) is 2.54. The van der Waals surface area contributed by atoms with Gasteiger partial charge in [0.2, 0.25) is 5.91 Å². The molecule has 1 aromatic heterocycles. The molecule has 26 heavy (non-hydrogen) atoms. The summed E-state index contributed by atoms with van der Waals surface area (Å²) in [5.74, 6) is 0.364. The average molecular weight is 358 g/mol. The lowest BCUT2D eigenvalue weighted by Crippen LogP contribution is -2.35. The number of aryl methyl sites for hydroxylation is 1. The van der Waals surface area contributed by atoms with Crippen molar-refractivity contribution in [2.75, 3.05) is 13.1 Å². The normalized spacial score (nSPS) is 18.3. The van der Waals surface area contributed by atoms with Crippen LogP contribution in [0.3, 0.4) is 0 Å². The number of nitrogens with two attached hydrogens (primary N) is 1. The molecule has 1 aliphatic rings. The lowest BCUT2D eigenvalue weighted by Gasteiger charge is -2.32. The van der Waals surface area contributed by atoms with E-state index >= 15 is 0 Å². The molecule has 3 N–H and O–H groups in total. The first-order valence-electron chi connectivity index (χ1n) is 9.25. The molecule has 0 saturated carbocycles. The third-order valence-corrected chi connectivity index (χ3v) is 5.21. The van der Waals surface area contributed by atoms with Gasteiger partial charge in [-0.2, -0.15) is 0 Å². The highest BCUT2D eigenvalue weighted by Crippen LogP contribution is 2.29. The van der Waals surface area contributed by atoms with Crippen molar-refractivity contribution in [3.63, 3.8) is 0 Å². The number of piperidine rings is 1. The van der Waals surface area contributed by atoms with Gasteiger partial charge in [-0.25, -0.2) is 4.79 Å². The molecule has 2 aromatic rings. The fourth-order valence-electron chi connectivity index (χ4n) is 3.84. The van der Waals surface area contributed by atoms with Crippen molar-refractivity contribution in [2.45, 2.75) is 45.6 Å². The molecule has 6 heteroatoms. The van der Waals surface area contributed by atoms with Crippen LogP contribution in [0, 0.1) is 5.92 Å². The van der Waals surface area contributed by atoms with Crippen LogP contribution in [0.25, 0.3) is 11.0 Å². The third-order valence-electron chi connectivity index (χ3n) is 5.21. The van der Waals surface area contributed by atoms with Crippen LogP contribution < -0.4 is 11.4 Å². The summed E-state index contributed by atoms with van der Waals surface area (Å²) in [6.45, 7) is 4.50. The van der Waals surface area contributed by atoms with Gasteiger partial charge in [0.25, 0.3) is 0 Å². The molecule has 1 fully saturated rings. The van der Waals surface area contributed by atoms with Crippen LogP contribution in [-0.4, -0.2) is 29.0 Å². The van der Waals surface area contributed by atoms with Crippen LogP contribution in [0.2, 0.25) is 0 Å². The van der Waals surface area contributed by atoms with E-state index in [-0.39, 0.29) is 11.7 Å². The Morgan fingerprint density at radius 1 is 1.35 bits per heavy atom. The van der Waals surface area contributed by atoms with Gasteiger partial charge in [-0.15, -0.1) is 0 Å². The maximum absolute atomic E-state index is 11.9. The third kappa shape index (κ3) is 4.25. The van der Waals surface area contributed by atoms with Crippen molar-refractivity contribution in [1.82, 2.24) is 4.90 Å². The second-order valence-corrected chi connectivity index (χ2v) is 7.17. The van der Waals surface area contributed by atoms with Crippen molar-refractivity contribution in [2.24, 2.45) is 11.7 Å². The zero-order valence-corrected chi connectivity index (χ0v) is 15.2. The fraction of sp³-hybridized carbons (Fsp3) is 0.500. The summed E-state index contributed by atoms with van der Waals surface area (Å²) in [6.07, 6.45) is 4.13. The van der Waals surface area contributed by atoms with Crippen LogP contribution in [0.15, 0.2) is 27.4 Å². The summed E-state index contributed by atoms with van der Waals surface area (Å²) < 4.78 is 5.27. The molecule has 3 rings (SSSR count). The molecule has 1 aliphatic heterocycles. The summed E-state index contributed by atoms with van der Waals surface area (Å²) >= 11 is 0. The van der Waals surface area contributed by atoms with Crippen molar-refractivity contribution < 1.29 is 14.3 Å². The van der Waals surface area contributed by atoms with Crippen LogP contribution in [0.1, 0.15) is 43.7 Å². The van der Waals surface area contributed by atoms with Gasteiger partial charge in [-0.1, -0.05) is 6.92 Å². The van der Waals surface area contributed by atoms with E-state index in [1.165, 1.54) is 6.07 Å². The monoisotopic (exact) mass is 358 g/mol. The first-order valence-corrected chi connectivity index (χ1v) is 9.25. The molecule has 1 unspecified atom stereocenters. The minimum Gasteiger partial charge on any atom is -0.508 e. The molecule has 1 atom stereocenters. The van der Waals surface area contributed by atoms with E-state index in [0.29, 0.717) is 30.9 Å². The van der Waals surface area contributed by atoms with Gasteiger partial charge in [0.1, 0.15) is 11.3 Å². The molecule has 1 saturated heterocycles. The summed E-state index contributed by atoms with van der Waals surface area (Å²) in [5, 5.41) is 10.9. The van der Waals surface area contributed by atoms with Crippen LogP contribution in [0.4, 0.5) is 0 Å². The number of phenolic OH excluding ortho intramolecular Hbond substituents is 1. The second-order valence-electron chi connectivity index (χ2n) is 7.17. The van der Waals surface area contributed by atoms with E-state index in [2.05, 4.69) is 4.90 Å². The van der Waals surface area contributed by atoms with Gasteiger partial charge in [0, 0.05) is 37.0 Å². The van der Waals surface area contributed by atoms with Crippen LogP contribution in [0.5, 0.6) is 5.75 Å². The Bertz CT molecular complexity index is 859. The number of carbonyl (C=O) groups is 1. The Balaban J connectivity index is 1.83. The van der Waals surface area contributed by atoms with Crippen LogP contribution >= 0.6 is 0 Å². The number of phenols is 1. The number of primary amides is 1. The summed E-state index contributed by atoms with van der Waals surface area (Å²) in [5.41, 5.74) is 7.04. The minimum absolute atomic E-state index is 0.157. The zero-order valence-electron chi connectivity index (χ0n) is 15.2. The highest BCUT2D eigenvalue weighted by atomic mass is 16.4. The van der Waals surface area contributed by atoms with Crippen molar-refractivity contribution in [3.05, 3.63) is 39.7 Å². The maximum Gasteiger partial charge on any atom is 0.336 e. The number of carbonyl (C=O) groups excluding carboxylic acids is 1. The minimum atomic E-state index is -0.404. The quantitative estimate of drug-likeness (QED) is 0.774. The van der Waals surface area contributed by atoms with E-state index in [4.69, 9.17) is 10.2 Å². The molecule has 6 nitrogen and oxygen atoms in total. The van der Waals surface area contributed by atoms with Gasteiger partial charge in [0.05, 0.1) is 0 Å². The first-order chi connectivity index (χ1) is 12.5. The highest BCUT2D eigenvalue weighted by Gasteiger charge is 2.21. The molecule has 0 bridgehead atoms. The molecule has 0 aliphatic carbocycles. The Morgan fingerprint density at radius 2 is 2.15 bits per heavy atom. The highest BCUT2D eigenvalue weighted by molar-refractivity contribution is 5.82. The smallest absolute Gasteiger partial charge is 0.336 e. The molecule has 1 aromatic carbocycles. The van der Waals surface area contributed by atoms with E-state index < -0.39 is 5.63 Å². The van der Waals surface area contributed by atoms with Gasteiger partial charge >= 0.3 is 5.63 Å². The van der Waals surface area contributed by atoms with Crippen molar-refractivity contribution in [1.29, 1.82) is 0 Å². The number of nitrogens with zero attached hydrogens (tertiary/aromatic N) is 1. The van der Waals surface area contributed by atoms with Gasteiger partial charge in [0.15, 0.2) is 0 Å². The standard InChI is InChI=1S/C20H26N2O4/c1-2-14-8-16-15(9-20(25)26-18(16)10-17(14)23)12-22-7-3-4-13(11-22)5-6-19(21)24/h8-10,13,23H,2-7,11-12H2,1H3,(H2,21,24). The van der Waals surface area contributed by atoms with E-state index in [9.17, 15) is 14.7 Å². The van der Waals surface area contributed by atoms with Gasteiger partial charge in [-0.05, 0) is 55.3 Å². The van der Waals surface area contributed by atoms with Crippen molar-refractivity contribution in [3.8, 4) is 5.75 Å². The Kier molecular flexibility index (Phi) is 5.61. The lowest BCUT2D eigenvalue weighted by molar-refractivity contribution is -0.118. The SMILES string of the molecule is CCc1cc2c(CN3CCCC(CCC(N)=O)C3)cc(=O)oc2cc1O. The average Bonchev–Trinajstić information content (AvgIpc) is 2.59. The molecular formula is C20H26N2O4. The van der Waals surface area contributed by atoms with Crippen molar-refractivity contribution >= 4 is 16.9 Å². The Morgan fingerprint density at radius 3 is 2.88 bits per heavy atom. The molecule has 2 heterocycles. The molecule has 0 radical (unpaired) electrons.